The quantitative estimate of drug-likeness (QED) is 0.104. The Bertz CT molecular complexity index is 280. The van der Waals surface area contributed by atoms with Crippen molar-refractivity contribution in [2.75, 3.05) is 13.2 Å². The summed E-state index contributed by atoms with van der Waals surface area (Å²) in [5.74, 6) is 0. The zero-order valence-electron chi connectivity index (χ0n) is 14.9. The maximum atomic E-state index is 5.86. The molecule has 23 heavy (non-hydrogen) atoms. The third kappa shape index (κ3) is 22.8. The summed E-state index contributed by atoms with van der Waals surface area (Å²) < 4.78 is 5.49. The van der Waals surface area contributed by atoms with E-state index in [9.17, 15) is 0 Å². The molecule has 0 radical (unpaired) electrons. The number of ether oxygens (including phenoxy) is 1. The topological polar surface area (TPSA) is 9.23 Å². The van der Waals surface area contributed by atoms with Gasteiger partial charge in [-0.3, -0.25) is 0 Å². The van der Waals surface area contributed by atoms with Gasteiger partial charge in [0, 0.05) is 6.61 Å². The monoisotopic (exact) mass is 400 g/mol. The first-order valence-electron chi connectivity index (χ1n) is 9.20. The molecule has 0 spiro atoms. The molecule has 0 atom stereocenters. The Labute approximate surface area is 159 Å². The van der Waals surface area contributed by atoms with Gasteiger partial charge in [-0.25, -0.2) is 0 Å². The molecule has 0 saturated heterocycles. The van der Waals surface area contributed by atoms with E-state index in [1.54, 1.807) is 0 Å². The van der Waals surface area contributed by atoms with Gasteiger partial charge in [0.1, 0.15) is 0 Å². The summed E-state index contributed by atoms with van der Waals surface area (Å²) in [5.41, 5.74) is 1.11. The fraction of sp³-hybridized carbons (Fsp3) is 0.889. The summed E-state index contributed by atoms with van der Waals surface area (Å²) in [6, 6.07) is -1.55. The molecule has 0 N–H and O–H groups in total. The molecule has 0 aromatic carbocycles. The number of hydrogen-bond donors (Lipinski definition) is 0. The summed E-state index contributed by atoms with van der Waals surface area (Å²) >= 11 is 17.6. The predicted molar refractivity (Wildman–Crippen MR) is 109 cm³/mol. The Morgan fingerprint density at radius 3 is 1.52 bits per heavy atom. The van der Waals surface area contributed by atoms with Crippen LogP contribution in [-0.2, 0) is 4.74 Å². The minimum atomic E-state index is -2.36. The van der Waals surface area contributed by atoms with E-state index in [2.05, 4.69) is 6.58 Å². The molecular formula is C18H35Cl3OSi. The first-order valence-corrected chi connectivity index (χ1v) is 14.4. The van der Waals surface area contributed by atoms with E-state index in [-0.39, 0.29) is 0 Å². The number of unbranched alkanes of at least 4 members (excludes halogenated alkanes) is 11. The number of hydrogen-bond acceptors (Lipinski definition) is 1. The van der Waals surface area contributed by atoms with Crippen LogP contribution in [0.5, 0.6) is 0 Å². The molecule has 0 aliphatic rings. The van der Waals surface area contributed by atoms with Gasteiger partial charge in [-0.1, -0.05) is 82.8 Å². The van der Waals surface area contributed by atoms with Crippen molar-refractivity contribution in [3.63, 3.8) is 0 Å². The van der Waals surface area contributed by atoms with Crippen molar-refractivity contribution in [2.45, 2.75) is 90.0 Å². The largest absolute Gasteiger partial charge is 0.377 e. The summed E-state index contributed by atoms with van der Waals surface area (Å²) in [6.45, 7) is 7.43. The molecule has 0 aromatic heterocycles. The summed E-state index contributed by atoms with van der Waals surface area (Å²) in [6.07, 6.45) is 15.6. The van der Waals surface area contributed by atoms with Gasteiger partial charge in [0.15, 0.2) is 0 Å². The molecule has 0 aliphatic carbocycles. The first-order chi connectivity index (χ1) is 10.9. The van der Waals surface area contributed by atoms with Gasteiger partial charge < -0.3 is 4.74 Å². The number of halogens is 3. The van der Waals surface area contributed by atoms with Gasteiger partial charge >= 0.3 is 6.00 Å². The second-order valence-electron chi connectivity index (χ2n) is 6.62. The number of rotatable bonds is 17. The van der Waals surface area contributed by atoms with Crippen molar-refractivity contribution in [1.29, 1.82) is 0 Å². The lowest BCUT2D eigenvalue weighted by atomic mass is 10.1. The highest BCUT2D eigenvalue weighted by atomic mass is 35.8. The average Bonchev–Trinajstić information content (AvgIpc) is 2.45. The smallest absolute Gasteiger partial charge is 0.341 e. The fourth-order valence-electron chi connectivity index (χ4n) is 2.54. The molecule has 5 heteroatoms. The van der Waals surface area contributed by atoms with Gasteiger partial charge in [0.2, 0.25) is 0 Å². The van der Waals surface area contributed by atoms with Gasteiger partial charge in [-0.2, -0.15) is 0 Å². The predicted octanol–water partition coefficient (Wildman–Crippen LogP) is 7.92. The molecular weight excluding hydrogens is 367 g/mol. The van der Waals surface area contributed by atoms with Crippen LogP contribution in [0.4, 0.5) is 0 Å². The van der Waals surface area contributed by atoms with E-state index in [1.807, 2.05) is 6.92 Å². The molecule has 0 saturated carbocycles. The van der Waals surface area contributed by atoms with Crippen molar-refractivity contribution in [1.82, 2.24) is 0 Å². The first kappa shape index (κ1) is 23.8. The normalized spacial score (nSPS) is 11.8. The molecule has 0 fully saturated rings. The molecule has 0 rings (SSSR count). The van der Waals surface area contributed by atoms with Crippen LogP contribution in [0.1, 0.15) is 84.0 Å². The van der Waals surface area contributed by atoms with Crippen LogP contribution in [0.15, 0.2) is 12.2 Å². The maximum Gasteiger partial charge on any atom is 0.341 e. The Morgan fingerprint density at radius 2 is 1.13 bits per heavy atom. The molecule has 0 bridgehead atoms. The lowest BCUT2D eigenvalue weighted by Gasteiger charge is -2.07. The molecule has 0 unspecified atom stereocenters. The van der Waals surface area contributed by atoms with Gasteiger partial charge in [-0.15, -0.1) is 33.2 Å². The van der Waals surface area contributed by atoms with Crippen LogP contribution in [-0.4, -0.2) is 19.2 Å². The van der Waals surface area contributed by atoms with Crippen LogP contribution in [0.25, 0.3) is 0 Å². The highest BCUT2D eigenvalue weighted by Gasteiger charge is 2.23. The van der Waals surface area contributed by atoms with Crippen LogP contribution < -0.4 is 0 Å². The fourth-order valence-corrected chi connectivity index (χ4v) is 4.40. The van der Waals surface area contributed by atoms with Crippen LogP contribution in [0.2, 0.25) is 6.04 Å². The Balaban J connectivity index is 3.04. The lowest BCUT2D eigenvalue weighted by Crippen LogP contribution is -2.07. The standard InChI is InChI=1S/C18H35Cl3OSi/c1-18(2)17-22-15-13-11-9-7-5-3-4-6-8-10-12-14-16-23(19,20)21/h1,3-17H2,2H3. The summed E-state index contributed by atoms with van der Waals surface area (Å²) in [5, 5.41) is 0. The zero-order valence-corrected chi connectivity index (χ0v) is 18.1. The molecule has 0 amide bonds. The summed E-state index contributed by atoms with van der Waals surface area (Å²) in [4.78, 5) is 0. The Hall–Kier alpha value is 0.787. The van der Waals surface area contributed by atoms with Crippen LogP contribution in [0, 0.1) is 0 Å². The molecule has 0 aliphatic heterocycles. The second kappa shape index (κ2) is 16.3. The molecule has 0 heterocycles. The van der Waals surface area contributed by atoms with E-state index in [0.717, 1.165) is 24.6 Å². The van der Waals surface area contributed by atoms with Gasteiger partial charge in [0.25, 0.3) is 0 Å². The van der Waals surface area contributed by atoms with E-state index >= 15 is 0 Å². The lowest BCUT2D eigenvalue weighted by molar-refractivity contribution is 0.151. The van der Waals surface area contributed by atoms with Crippen molar-refractivity contribution < 1.29 is 4.74 Å². The van der Waals surface area contributed by atoms with Crippen LogP contribution >= 0.6 is 33.2 Å². The van der Waals surface area contributed by atoms with E-state index in [0.29, 0.717) is 6.61 Å². The molecule has 1 nitrogen and oxygen atoms in total. The summed E-state index contributed by atoms with van der Waals surface area (Å²) in [7, 11) is 0. The molecule has 0 aromatic rings. The van der Waals surface area contributed by atoms with Crippen molar-refractivity contribution in [2.24, 2.45) is 0 Å². The minimum Gasteiger partial charge on any atom is -0.377 e. The molecule has 138 valence electrons. The van der Waals surface area contributed by atoms with Crippen molar-refractivity contribution >= 4 is 39.2 Å². The van der Waals surface area contributed by atoms with E-state index < -0.39 is 6.00 Å². The van der Waals surface area contributed by atoms with E-state index in [1.165, 1.54) is 70.6 Å². The zero-order chi connectivity index (χ0) is 17.4. The van der Waals surface area contributed by atoms with Gasteiger partial charge in [-0.05, 0) is 19.4 Å². The maximum absolute atomic E-state index is 5.86. The van der Waals surface area contributed by atoms with E-state index in [4.69, 9.17) is 38.0 Å². The third-order valence-electron chi connectivity index (χ3n) is 3.85. The SMILES string of the molecule is C=C(C)COCCCCCCCCCCCCCC[Si](Cl)(Cl)Cl. The van der Waals surface area contributed by atoms with Crippen LogP contribution in [0.3, 0.4) is 0 Å². The van der Waals surface area contributed by atoms with Crippen molar-refractivity contribution in [3.05, 3.63) is 12.2 Å². The highest BCUT2D eigenvalue weighted by molar-refractivity contribution is 7.64. The average molecular weight is 402 g/mol. The Morgan fingerprint density at radius 1 is 0.739 bits per heavy atom. The Kier molecular flexibility index (Phi) is 16.8. The van der Waals surface area contributed by atoms with Gasteiger partial charge in [0.05, 0.1) is 6.61 Å². The van der Waals surface area contributed by atoms with Crippen molar-refractivity contribution in [3.8, 4) is 0 Å². The third-order valence-corrected chi connectivity index (χ3v) is 6.47. The highest BCUT2D eigenvalue weighted by Crippen LogP contribution is 2.27. The second-order valence-corrected chi connectivity index (χ2v) is 15.9. The minimum absolute atomic E-state index is 0.715.